The maximum Gasteiger partial charge on any atom is 0.310 e. The van der Waals surface area contributed by atoms with E-state index in [9.17, 15) is 14.0 Å². The van der Waals surface area contributed by atoms with Crippen LogP contribution in [0.4, 0.5) is 10.1 Å². The molecule has 6 heteroatoms. The van der Waals surface area contributed by atoms with Gasteiger partial charge >= 0.3 is 5.97 Å². The first kappa shape index (κ1) is 16.2. The van der Waals surface area contributed by atoms with Crippen molar-refractivity contribution in [1.82, 2.24) is 0 Å². The summed E-state index contributed by atoms with van der Waals surface area (Å²) in [7, 11) is 0. The minimum Gasteiger partial charge on any atom is -0.455 e. The number of esters is 1. The van der Waals surface area contributed by atoms with Crippen molar-refractivity contribution in [3.63, 3.8) is 0 Å². The number of carbonyl (C=O) groups is 2. The Kier molecular flexibility index (Phi) is 5.42. The first-order valence-corrected chi connectivity index (χ1v) is 6.77. The van der Waals surface area contributed by atoms with Crippen LogP contribution in [0, 0.1) is 17.1 Å². The highest BCUT2D eigenvalue weighted by molar-refractivity contribution is 5.93. The first-order valence-electron chi connectivity index (χ1n) is 6.77. The lowest BCUT2D eigenvalue weighted by Crippen LogP contribution is -2.21. The molecule has 116 valence electrons. The quantitative estimate of drug-likeness (QED) is 0.860. The summed E-state index contributed by atoms with van der Waals surface area (Å²) in [4.78, 5) is 23.3. The predicted octanol–water partition coefficient (Wildman–Crippen LogP) is 2.42. The van der Waals surface area contributed by atoms with E-state index >= 15 is 0 Å². The van der Waals surface area contributed by atoms with Crippen molar-refractivity contribution in [2.24, 2.45) is 0 Å². The second kappa shape index (κ2) is 7.71. The highest BCUT2D eigenvalue weighted by Crippen LogP contribution is 2.09. The maximum absolute atomic E-state index is 13.0. The van der Waals surface area contributed by atoms with E-state index in [1.807, 2.05) is 6.07 Å². The molecule has 23 heavy (non-hydrogen) atoms. The number of hydrogen-bond donors (Lipinski definition) is 1. The number of carbonyl (C=O) groups excluding carboxylic acids is 2. The van der Waals surface area contributed by atoms with Gasteiger partial charge in [0.1, 0.15) is 5.82 Å². The van der Waals surface area contributed by atoms with Crippen LogP contribution in [0.15, 0.2) is 48.5 Å². The predicted molar refractivity (Wildman–Crippen MR) is 80.8 cm³/mol. The number of anilines is 1. The van der Waals surface area contributed by atoms with Gasteiger partial charge in [0, 0.05) is 5.69 Å². The molecule has 1 N–H and O–H groups in total. The van der Waals surface area contributed by atoms with Gasteiger partial charge in [-0.05, 0) is 35.9 Å². The third kappa shape index (κ3) is 5.25. The molecule has 2 aromatic carbocycles. The van der Waals surface area contributed by atoms with E-state index in [2.05, 4.69) is 5.32 Å². The van der Waals surface area contributed by atoms with Crippen LogP contribution < -0.4 is 5.32 Å². The zero-order chi connectivity index (χ0) is 16.7. The lowest BCUT2D eigenvalue weighted by molar-refractivity contribution is -0.146. The number of halogens is 1. The average molecular weight is 312 g/mol. The first-order chi connectivity index (χ1) is 11.1. The smallest absolute Gasteiger partial charge is 0.310 e. The van der Waals surface area contributed by atoms with Crippen LogP contribution in [0.25, 0.3) is 0 Å². The number of nitrogens with zero attached hydrogens (tertiary/aromatic N) is 1. The second-order valence-electron chi connectivity index (χ2n) is 4.71. The topological polar surface area (TPSA) is 79.2 Å². The fourth-order valence-corrected chi connectivity index (χ4v) is 1.87. The molecule has 0 atom stereocenters. The lowest BCUT2D eigenvalue weighted by atomic mass is 10.1. The summed E-state index contributed by atoms with van der Waals surface area (Å²) in [5.74, 6) is -1.59. The summed E-state index contributed by atoms with van der Waals surface area (Å²) >= 11 is 0. The van der Waals surface area contributed by atoms with Gasteiger partial charge in [0.15, 0.2) is 6.61 Å². The Labute approximate surface area is 132 Å². The van der Waals surface area contributed by atoms with Crippen LogP contribution in [0.5, 0.6) is 0 Å². The maximum atomic E-state index is 13.0. The van der Waals surface area contributed by atoms with Crippen LogP contribution >= 0.6 is 0 Å². The number of nitrogens with one attached hydrogen (secondary N) is 1. The molecule has 0 unspecified atom stereocenters. The highest BCUT2D eigenvalue weighted by Gasteiger charge is 2.09. The second-order valence-corrected chi connectivity index (χ2v) is 4.71. The summed E-state index contributed by atoms with van der Waals surface area (Å²) in [6.45, 7) is -0.453. The zero-order valence-corrected chi connectivity index (χ0v) is 12.1. The fourth-order valence-electron chi connectivity index (χ4n) is 1.87. The minimum atomic E-state index is -0.628. The van der Waals surface area contributed by atoms with Gasteiger partial charge in [-0.15, -0.1) is 0 Å². The molecule has 2 rings (SSSR count). The van der Waals surface area contributed by atoms with E-state index in [0.29, 0.717) is 16.8 Å². The van der Waals surface area contributed by atoms with Crippen LogP contribution in [-0.4, -0.2) is 18.5 Å². The molecule has 0 bridgehead atoms. The van der Waals surface area contributed by atoms with Crippen molar-refractivity contribution < 1.29 is 18.7 Å². The largest absolute Gasteiger partial charge is 0.455 e. The van der Waals surface area contributed by atoms with Gasteiger partial charge in [0.05, 0.1) is 18.1 Å². The summed E-state index contributed by atoms with van der Waals surface area (Å²) in [5.41, 5.74) is 1.32. The molecule has 0 aliphatic carbocycles. The Morgan fingerprint density at radius 3 is 2.70 bits per heavy atom. The number of rotatable bonds is 5. The van der Waals surface area contributed by atoms with Crippen LogP contribution in [0.1, 0.15) is 11.1 Å². The van der Waals surface area contributed by atoms with E-state index in [1.54, 1.807) is 24.3 Å². The molecule has 0 aromatic heterocycles. The van der Waals surface area contributed by atoms with Gasteiger partial charge in [-0.2, -0.15) is 5.26 Å². The standard InChI is InChI=1S/C17H13FN2O3/c18-14-5-1-3-12(7-14)9-17(22)23-11-16(21)20-15-6-2-4-13(8-15)10-19/h1-8H,9,11H2,(H,20,21). The molecule has 0 spiro atoms. The molecule has 0 saturated heterocycles. The monoisotopic (exact) mass is 312 g/mol. The summed E-state index contributed by atoms with van der Waals surface area (Å²) in [6, 6.07) is 13.9. The van der Waals surface area contributed by atoms with Crippen molar-refractivity contribution in [1.29, 1.82) is 5.26 Å². The number of hydrogen-bond acceptors (Lipinski definition) is 4. The van der Waals surface area contributed by atoms with Gasteiger partial charge in [-0.25, -0.2) is 4.39 Å². The van der Waals surface area contributed by atoms with Crippen molar-refractivity contribution in [3.8, 4) is 6.07 Å². The van der Waals surface area contributed by atoms with Crippen molar-refractivity contribution in [2.45, 2.75) is 6.42 Å². The highest BCUT2D eigenvalue weighted by atomic mass is 19.1. The Morgan fingerprint density at radius 2 is 1.96 bits per heavy atom. The lowest BCUT2D eigenvalue weighted by Gasteiger charge is -2.07. The van der Waals surface area contributed by atoms with Crippen molar-refractivity contribution in [2.75, 3.05) is 11.9 Å². The van der Waals surface area contributed by atoms with Crippen molar-refractivity contribution >= 4 is 17.6 Å². The van der Waals surface area contributed by atoms with Crippen LogP contribution in [-0.2, 0) is 20.7 Å². The molecule has 2 aromatic rings. The van der Waals surface area contributed by atoms with E-state index in [1.165, 1.54) is 24.3 Å². The Balaban J connectivity index is 1.82. The normalized spacial score (nSPS) is 9.74. The van der Waals surface area contributed by atoms with Crippen molar-refractivity contribution in [3.05, 3.63) is 65.5 Å². The SMILES string of the molecule is N#Cc1cccc(NC(=O)COC(=O)Cc2cccc(F)c2)c1. The fraction of sp³-hybridized carbons (Fsp3) is 0.118. The van der Waals surface area contributed by atoms with E-state index in [-0.39, 0.29) is 6.42 Å². The summed E-state index contributed by atoms with van der Waals surface area (Å²) < 4.78 is 17.8. The molecule has 0 fully saturated rings. The van der Waals surface area contributed by atoms with E-state index in [0.717, 1.165) is 0 Å². The number of amides is 1. The molecular weight excluding hydrogens is 299 g/mol. The Hall–Kier alpha value is -3.20. The Bertz CT molecular complexity index is 768. The molecule has 0 aliphatic rings. The molecule has 0 radical (unpaired) electrons. The minimum absolute atomic E-state index is 0.116. The average Bonchev–Trinajstić information content (AvgIpc) is 2.53. The van der Waals surface area contributed by atoms with Gasteiger partial charge in [0.2, 0.25) is 0 Å². The zero-order valence-electron chi connectivity index (χ0n) is 12.1. The van der Waals surface area contributed by atoms with Gasteiger partial charge in [0.25, 0.3) is 5.91 Å². The van der Waals surface area contributed by atoms with Gasteiger partial charge < -0.3 is 10.1 Å². The third-order valence-corrected chi connectivity index (χ3v) is 2.88. The van der Waals surface area contributed by atoms with Gasteiger partial charge in [-0.3, -0.25) is 9.59 Å². The summed E-state index contributed by atoms with van der Waals surface area (Å²) in [6.07, 6.45) is -0.116. The number of ether oxygens (including phenoxy) is 1. The molecule has 0 heterocycles. The molecule has 5 nitrogen and oxygen atoms in total. The molecule has 0 saturated carbocycles. The Morgan fingerprint density at radius 1 is 1.17 bits per heavy atom. The molecule has 1 amide bonds. The summed E-state index contributed by atoms with van der Waals surface area (Å²) in [5, 5.41) is 11.3. The molecular formula is C17H13FN2O3. The van der Waals surface area contributed by atoms with Crippen LogP contribution in [0.3, 0.4) is 0 Å². The third-order valence-electron chi connectivity index (χ3n) is 2.88. The number of nitriles is 1. The van der Waals surface area contributed by atoms with Crippen LogP contribution in [0.2, 0.25) is 0 Å². The van der Waals surface area contributed by atoms with Gasteiger partial charge in [-0.1, -0.05) is 18.2 Å². The molecule has 0 aliphatic heterocycles. The van der Waals surface area contributed by atoms with E-state index < -0.39 is 24.3 Å². The number of benzene rings is 2. The van der Waals surface area contributed by atoms with E-state index in [4.69, 9.17) is 10.00 Å².